The molecule has 2 rings (SSSR count). The molecule has 2 aliphatic rings. The lowest BCUT2D eigenvalue weighted by Gasteiger charge is -2.49. The second-order valence-electron chi connectivity index (χ2n) is 7.32. The number of hydrogen-bond acceptors (Lipinski definition) is 3. The molecule has 19 heavy (non-hydrogen) atoms. The molecule has 0 amide bonds. The summed E-state index contributed by atoms with van der Waals surface area (Å²) in [5.74, 6) is 0.740. The van der Waals surface area contributed by atoms with Crippen LogP contribution in [0.2, 0.25) is 0 Å². The molecule has 1 aliphatic carbocycles. The summed E-state index contributed by atoms with van der Waals surface area (Å²) in [6, 6.07) is 0.590. The zero-order valence-electron chi connectivity index (χ0n) is 13.2. The summed E-state index contributed by atoms with van der Waals surface area (Å²) < 4.78 is 0. The highest BCUT2D eigenvalue weighted by atomic mass is 16.3. The first-order valence-electron chi connectivity index (χ1n) is 8.04. The zero-order chi connectivity index (χ0) is 14.0. The zero-order valence-corrected chi connectivity index (χ0v) is 13.2. The van der Waals surface area contributed by atoms with Gasteiger partial charge in [0.25, 0.3) is 0 Å². The SMILES string of the molecule is CCC(C)(C)C1CCC(O)CC1N1CCN(C)CC1. The Hall–Kier alpha value is -0.120. The molecule has 0 aromatic heterocycles. The largest absolute Gasteiger partial charge is 0.393 e. The van der Waals surface area contributed by atoms with Crippen molar-refractivity contribution in [3.63, 3.8) is 0 Å². The van der Waals surface area contributed by atoms with E-state index in [0.717, 1.165) is 18.8 Å². The maximum absolute atomic E-state index is 10.1. The molecule has 3 unspecified atom stereocenters. The minimum atomic E-state index is -0.0754. The van der Waals surface area contributed by atoms with Gasteiger partial charge in [0.1, 0.15) is 0 Å². The molecule has 1 N–H and O–H groups in total. The molecule has 0 spiro atoms. The van der Waals surface area contributed by atoms with Crippen molar-refractivity contribution in [1.29, 1.82) is 0 Å². The van der Waals surface area contributed by atoms with Crippen molar-refractivity contribution in [3.05, 3.63) is 0 Å². The maximum atomic E-state index is 10.1. The molecule has 0 aromatic carbocycles. The Balaban J connectivity index is 2.08. The molecule has 0 aromatic rings. The second kappa shape index (κ2) is 6.11. The molecule has 1 heterocycles. The summed E-state index contributed by atoms with van der Waals surface area (Å²) >= 11 is 0. The van der Waals surface area contributed by atoms with Crippen molar-refractivity contribution < 1.29 is 5.11 Å². The topological polar surface area (TPSA) is 26.7 Å². The van der Waals surface area contributed by atoms with E-state index < -0.39 is 0 Å². The maximum Gasteiger partial charge on any atom is 0.0555 e. The molecular weight excluding hydrogens is 236 g/mol. The molecule has 2 fully saturated rings. The molecular formula is C16H32N2O. The molecule has 3 atom stereocenters. The molecule has 3 nitrogen and oxygen atoms in total. The lowest BCUT2D eigenvalue weighted by atomic mass is 9.66. The van der Waals surface area contributed by atoms with Crippen LogP contribution in [-0.4, -0.2) is 60.3 Å². The summed E-state index contributed by atoms with van der Waals surface area (Å²) in [6.45, 7) is 11.8. The van der Waals surface area contributed by atoms with Crippen LogP contribution in [0.4, 0.5) is 0 Å². The fraction of sp³-hybridized carbons (Fsp3) is 1.00. The quantitative estimate of drug-likeness (QED) is 0.850. The monoisotopic (exact) mass is 268 g/mol. The third-order valence-electron chi connectivity index (χ3n) is 5.71. The number of aliphatic hydroxyl groups is 1. The van der Waals surface area contributed by atoms with Crippen molar-refractivity contribution in [2.75, 3.05) is 33.2 Å². The van der Waals surface area contributed by atoms with Gasteiger partial charge in [-0.2, -0.15) is 0 Å². The third kappa shape index (κ3) is 3.50. The van der Waals surface area contributed by atoms with Gasteiger partial charge in [0.15, 0.2) is 0 Å². The van der Waals surface area contributed by atoms with Gasteiger partial charge in [0, 0.05) is 32.2 Å². The molecule has 1 saturated carbocycles. The fourth-order valence-electron chi connectivity index (χ4n) is 3.86. The minimum Gasteiger partial charge on any atom is -0.393 e. The Morgan fingerprint density at radius 3 is 2.32 bits per heavy atom. The van der Waals surface area contributed by atoms with Gasteiger partial charge < -0.3 is 10.0 Å². The Bertz CT molecular complexity index is 284. The van der Waals surface area contributed by atoms with Crippen LogP contribution in [0.5, 0.6) is 0 Å². The number of likely N-dealkylation sites (N-methyl/N-ethyl adjacent to an activating group) is 1. The van der Waals surface area contributed by atoms with E-state index in [9.17, 15) is 5.11 Å². The van der Waals surface area contributed by atoms with E-state index in [1.165, 1.54) is 39.0 Å². The van der Waals surface area contributed by atoms with Gasteiger partial charge in [-0.1, -0.05) is 27.2 Å². The average Bonchev–Trinajstić information content (AvgIpc) is 2.39. The van der Waals surface area contributed by atoms with Gasteiger partial charge in [-0.05, 0) is 37.6 Å². The molecule has 0 radical (unpaired) electrons. The summed E-state index contributed by atoms with van der Waals surface area (Å²) in [7, 11) is 2.21. The first-order chi connectivity index (χ1) is 8.94. The van der Waals surface area contributed by atoms with E-state index in [-0.39, 0.29) is 6.10 Å². The van der Waals surface area contributed by atoms with Crippen molar-refractivity contribution in [2.24, 2.45) is 11.3 Å². The van der Waals surface area contributed by atoms with Crippen LogP contribution in [0.15, 0.2) is 0 Å². The van der Waals surface area contributed by atoms with Gasteiger partial charge in [-0.3, -0.25) is 4.90 Å². The van der Waals surface area contributed by atoms with E-state index in [4.69, 9.17) is 0 Å². The average molecular weight is 268 g/mol. The number of aliphatic hydroxyl groups excluding tert-OH is 1. The smallest absolute Gasteiger partial charge is 0.0555 e. The van der Waals surface area contributed by atoms with Gasteiger partial charge in [-0.15, -0.1) is 0 Å². The summed E-state index contributed by atoms with van der Waals surface area (Å²) in [4.78, 5) is 5.07. The summed E-state index contributed by atoms with van der Waals surface area (Å²) in [5, 5.41) is 10.1. The fourth-order valence-corrected chi connectivity index (χ4v) is 3.86. The molecule has 1 saturated heterocycles. The summed E-state index contributed by atoms with van der Waals surface area (Å²) in [6.07, 6.45) is 4.33. The normalized spacial score (nSPS) is 35.5. The van der Waals surface area contributed by atoms with Crippen LogP contribution < -0.4 is 0 Å². The van der Waals surface area contributed by atoms with Gasteiger partial charge >= 0.3 is 0 Å². The molecule has 112 valence electrons. The second-order valence-corrected chi connectivity index (χ2v) is 7.32. The molecule has 3 heteroatoms. The highest BCUT2D eigenvalue weighted by molar-refractivity contribution is 4.94. The Labute approximate surface area is 119 Å². The highest BCUT2D eigenvalue weighted by Crippen LogP contribution is 2.42. The van der Waals surface area contributed by atoms with Crippen LogP contribution in [0.1, 0.15) is 46.5 Å². The number of nitrogens with zero attached hydrogens (tertiary/aromatic N) is 2. The van der Waals surface area contributed by atoms with E-state index in [0.29, 0.717) is 11.5 Å². The minimum absolute atomic E-state index is 0.0754. The van der Waals surface area contributed by atoms with Crippen LogP contribution >= 0.6 is 0 Å². The van der Waals surface area contributed by atoms with Crippen LogP contribution in [-0.2, 0) is 0 Å². The van der Waals surface area contributed by atoms with Crippen LogP contribution in [0, 0.1) is 11.3 Å². The molecule has 1 aliphatic heterocycles. The third-order valence-corrected chi connectivity index (χ3v) is 5.71. The lowest BCUT2D eigenvalue weighted by Crippen LogP contribution is -2.55. The van der Waals surface area contributed by atoms with Gasteiger partial charge in [0.2, 0.25) is 0 Å². The standard InChI is InChI=1S/C16H32N2O/c1-5-16(2,3)14-7-6-13(19)12-15(14)18-10-8-17(4)9-11-18/h13-15,19H,5-12H2,1-4H3. The van der Waals surface area contributed by atoms with E-state index in [2.05, 4.69) is 37.6 Å². The first-order valence-corrected chi connectivity index (χ1v) is 8.04. The first kappa shape index (κ1) is 15.3. The lowest BCUT2D eigenvalue weighted by molar-refractivity contribution is -0.0313. The predicted octanol–water partition coefficient (Wildman–Crippen LogP) is 2.20. The van der Waals surface area contributed by atoms with Gasteiger partial charge in [-0.25, -0.2) is 0 Å². The number of rotatable bonds is 3. The van der Waals surface area contributed by atoms with Crippen molar-refractivity contribution in [2.45, 2.75) is 58.6 Å². The highest BCUT2D eigenvalue weighted by Gasteiger charge is 2.41. The Morgan fingerprint density at radius 1 is 1.11 bits per heavy atom. The predicted molar refractivity (Wildman–Crippen MR) is 80.3 cm³/mol. The Kier molecular flexibility index (Phi) is 4.91. The molecule has 0 bridgehead atoms. The van der Waals surface area contributed by atoms with Crippen molar-refractivity contribution >= 4 is 0 Å². The number of piperazine rings is 1. The van der Waals surface area contributed by atoms with Crippen molar-refractivity contribution in [3.8, 4) is 0 Å². The van der Waals surface area contributed by atoms with Crippen LogP contribution in [0.25, 0.3) is 0 Å². The van der Waals surface area contributed by atoms with E-state index in [1.807, 2.05) is 0 Å². The van der Waals surface area contributed by atoms with E-state index >= 15 is 0 Å². The van der Waals surface area contributed by atoms with Crippen molar-refractivity contribution in [1.82, 2.24) is 9.80 Å². The summed E-state index contributed by atoms with van der Waals surface area (Å²) in [5.41, 5.74) is 0.397. The van der Waals surface area contributed by atoms with Crippen LogP contribution in [0.3, 0.4) is 0 Å². The van der Waals surface area contributed by atoms with E-state index in [1.54, 1.807) is 0 Å². The number of hydrogen-bond donors (Lipinski definition) is 1. The Morgan fingerprint density at radius 2 is 1.74 bits per heavy atom. The van der Waals surface area contributed by atoms with Gasteiger partial charge in [0.05, 0.1) is 6.10 Å².